The molecule has 149 heavy (non-hydrogen) atoms. The molecule has 0 bridgehead atoms. The number of carbonyl (C=O) groups is 1. The van der Waals surface area contributed by atoms with Gasteiger partial charge < -0.3 is 41.4 Å². The van der Waals surface area contributed by atoms with E-state index in [-0.39, 0.29) is 11.8 Å². The lowest BCUT2D eigenvalue weighted by atomic mass is 10.1. The molecule has 37 heteroatoms. The number of pyridine rings is 6. The van der Waals surface area contributed by atoms with Gasteiger partial charge in [0.05, 0.1) is 241 Å². The Hall–Kier alpha value is -20.0. The van der Waals surface area contributed by atoms with Crippen molar-refractivity contribution >= 4 is 131 Å². The molecule has 0 aliphatic heterocycles. The molecule has 0 fully saturated rings. The summed E-state index contributed by atoms with van der Waals surface area (Å²) in [6.45, 7) is 11.8. The van der Waals surface area contributed by atoms with E-state index in [0.717, 1.165) is 175 Å². The van der Waals surface area contributed by atoms with Crippen LogP contribution in [0.4, 0.5) is 73.4 Å². The number of hydrogen-bond acceptors (Lipinski definition) is 28. The molecule has 24 aromatic rings. The fourth-order valence-corrected chi connectivity index (χ4v) is 16.9. The van der Waals surface area contributed by atoms with Gasteiger partial charge in [-0.25, -0.2) is 66.2 Å². The maximum atomic E-state index is 13.0. The third-order valence-electron chi connectivity index (χ3n) is 23.2. The summed E-state index contributed by atoms with van der Waals surface area (Å²) in [5.74, 6) is 3.97. The fourth-order valence-electron chi connectivity index (χ4n) is 16.5. The van der Waals surface area contributed by atoms with Gasteiger partial charge in [0, 0.05) is 87.4 Å². The van der Waals surface area contributed by atoms with Crippen LogP contribution < -0.4 is 36.6 Å². The van der Waals surface area contributed by atoms with Crippen LogP contribution in [0.5, 0.6) is 5.75 Å². The summed E-state index contributed by atoms with van der Waals surface area (Å²) in [4.78, 5) is 65.4. The highest BCUT2D eigenvalue weighted by Crippen LogP contribution is 2.37. The second-order valence-electron chi connectivity index (χ2n) is 33.4. The molecule has 0 unspecified atom stereocenters. The molecule has 0 aliphatic rings. The predicted molar refractivity (Wildman–Crippen MR) is 577 cm³/mol. The summed E-state index contributed by atoms with van der Waals surface area (Å²) in [6, 6.07) is 80.7. The predicted octanol–water partition coefficient (Wildman–Crippen LogP) is 24.2. The number of fused-ring (bicyclic) bond motifs is 6. The average Bonchev–Trinajstić information content (AvgIpc) is 1.66. The van der Waals surface area contributed by atoms with Gasteiger partial charge in [0.1, 0.15) is 46.5 Å². The van der Waals surface area contributed by atoms with Crippen molar-refractivity contribution in [3.05, 3.63) is 427 Å². The van der Waals surface area contributed by atoms with Crippen molar-refractivity contribution < 1.29 is 18.7 Å². The molecule has 0 amide bonds. The molecule has 0 radical (unpaired) electrons. The first-order valence-electron chi connectivity index (χ1n) is 46.6. The second-order valence-corrected chi connectivity index (χ2v) is 34.3. The average molecular weight is 2010 g/mol. The number of aromatic nitrogens is 24. The highest BCUT2D eigenvalue weighted by molar-refractivity contribution is 6.31. The number of nitriles is 1. The maximum absolute atomic E-state index is 13.0. The zero-order valence-corrected chi connectivity index (χ0v) is 82.7. The summed E-state index contributed by atoms with van der Waals surface area (Å²) in [5.41, 5.74) is 28.0. The van der Waals surface area contributed by atoms with Gasteiger partial charge in [-0.3, -0.25) is 29.9 Å². The number of nitrogens with zero attached hydrogens (tertiary/aromatic N) is 25. The Morgan fingerprint density at radius 1 is 0.295 bits per heavy atom. The number of rotatable bonds is 20. The summed E-state index contributed by atoms with van der Waals surface area (Å²) >= 11 is 11.9. The molecule has 6 N–H and O–H groups in total. The monoisotopic (exact) mass is 2010 g/mol. The third kappa shape index (κ3) is 23.2. The molecule has 18 heterocycles. The van der Waals surface area contributed by atoms with E-state index >= 15 is 0 Å². The van der Waals surface area contributed by atoms with Crippen molar-refractivity contribution in [3.8, 4) is 79.4 Å². The Morgan fingerprint density at radius 2 is 0.557 bits per heavy atom. The van der Waals surface area contributed by atoms with Crippen molar-refractivity contribution in [1.29, 1.82) is 5.26 Å². The summed E-state index contributed by atoms with van der Waals surface area (Å²) in [5, 5.41) is 56.7. The van der Waals surface area contributed by atoms with Crippen LogP contribution in [0, 0.1) is 58.7 Å². The smallest absolute Gasteiger partial charge is 0.337 e. The van der Waals surface area contributed by atoms with Gasteiger partial charge in [0.2, 0.25) is 0 Å². The number of nitrogens with one attached hydrogen (secondary N) is 6. The topological polar surface area (TPSA) is 390 Å². The molecule has 6 aromatic carbocycles. The SMILES string of the molecule is COC(=O)c1ccc(Nc2cncc(-c3c(C)nn4ccccc34)n2)cc1.COc1cccc(Nc2cncc(-c3c(C)nn4ccccc34)n2)c1.Cc1nn2ccccc2c1-c1cncc(Nc2ccc(C#N)cc2)n1.Cc1nn2ccccc2c1-c1cncc(Nc2ccc(Cl)cc2)n1.Cc1nn2ccccc2c1-c1cncc(Nc2ccc(F)cc2)n1.Cc1nn2ccccc2c1-c1cncc(Nc2cccc(Cl)c2)n1. The van der Waals surface area contributed by atoms with Crippen LogP contribution in [0.15, 0.2) is 366 Å². The second kappa shape index (κ2) is 45.1. The Labute approximate surface area is 861 Å². The number of ether oxygens (including phenoxy) is 2. The molecule has 0 atom stereocenters. The van der Waals surface area contributed by atoms with Crippen molar-refractivity contribution in [2.45, 2.75) is 41.5 Å². The van der Waals surface area contributed by atoms with Gasteiger partial charge in [-0.2, -0.15) is 35.9 Å². The largest absolute Gasteiger partial charge is 0.497 e. The van der Waals surface area contributed by atoms with Crippen LogP contribution in [0.25, 0.3) is 101 Å². The minimum absolute atomic E-state index is 0.276. The summed E-state index contributed by atoms with van der Waals surface area (Å²) < 4.78 is 34.0. The van der Waals surface area contributed by atoms with E-state index in [1.165, 1.54) is 19.2 Å². The lowest BCUT2D eigenvalue weighted by Crippen LogP contribution is -2.01. The summed E-state index contributed by atoms with van der Waals surface area (Å²) in [6.07, 6.45) is 32.0. The number of benzene rings is 6. The van der Waals surface area contributed by atoms with Crippen LogP contribution in [0.3, 0.4) is 0 Å². The van der Waals surface area contributed by atoms with Crippen LogP contribution in [-0.4, -0.2) is 138 Å². The fraction of sp³-hybridized carbons (Fsp3) is 0.0714. The molecule has 0 spiro atoms. The first-order valence-corrected chi connectivity index (χ1v) is 47.3. The Bertz CT molecular complexity index is 8790. The molecule has 0 aliphatic carbocycles. The van der Waals surface area contributed by atoms with Gasteiger partial charge >= 0.3 is 5.97 Å². The van der Waals surface area contributed by atoms with E-state index in [4.69, 9.17) is 42.9 Å². The molecule has 0 saturated heterocycles. The van der Waals surface area contributed by atoms with Gasteiger partial charge in [0.25, 0.3) is 0 Å². The minimum Gasteiger partial charge on any atom is -0.497 e. The Morgan fingerprint density at radius 3 is 0.832 bits per heavy atom. The number of aryl methyl sites for hydroxylation is 6. The van der Waals surface area contributed by atoms with Gasteiger partial charge in [-0.15, -0.1) is 0 Å². The van der Waals surface area contributed by atoms with E-state index in [1.807, 2.05) is 300 Å². The van der Waals surface area contributed by atoms with E-state index in [9.17, 15) is 9.18 Å². The standard InChI is InChI=1S/C20H17N5O2.C19H14N6.C19H17N5O.2C18H14ClN5.C18H14FN5/c1-13-19(17-5-3-4-10-25(17)24-13)16-11-21-12-18(23-16)22-15-8-6-14(7-9-15)20(26)27-2;1-13-19(17-4-2-3-9-25(17)24-13)16-11-21-12-18(23-16)22-15-7-5-14(10-20)6-8-15;1-13-19(17-8-3-4-9-24(17)23-13)16-11-20-12-18(22-16)21-14-6-5-7-15(10-14)25-2;1-12-18(16-7-2-3-8-24(16)23-12)15-10-20-11-17(22-15)21-14-6-4-5-13(19)9-14;2*1-12-18(16-4-2-3-9-24(16)23-12)15-10-20-11-17(22-15)21-14-7-5-13(19)6-8-14/h3-12H,1-2H3,(H,22,23);2-9,11-12H,1H3,(H,22,23);3-12H,1-2H3,(H,21,22);3*2-11H,1H3,(H,21,22). The highest BCUT2D eigenvalue weighted by Gasteiger charge is 2.22. The van der Waals surface area contributed by atoms with Crippen LogP contribution in [0.1, 0.15) is 50.1 Å². The number of esters is 1. The van der Waals surface area contributed by atoms with Crippen molar-refractivity contribution in [2.75, 3.05) is 46.1 Å². The van der Waals surface area contributed by atoms with Crippen molar-refractivity contribution in [3.63, 3.8) is 0 Å². The molecule has 0 saturated carbocycles. The molecular weight excluding hydrogens is 1920 g/mol. The van der Waals surface area contributed by atoms with Crippen molar-refractivity contribution in [1.82, 2.24) is 117 Å². The lowest BCUT2D eigenvalue weighted by Gasteiger charge is -2.08. The van der Waals surface area contributed by atoms with E-state index in [1.54, 1.807) is 130 Å². The van der Waals surface area contributed by atoms with Gasteiger partial charge in [0.15, 0.2) is 0 Å². The third-order valence-corrected chi connectivity index (χ3v) is 23.7. The first-order chi connectivity index (χ1) is 72.7. The summed E-state index contributed by atoms with van der Waals surface area (Å²) in [7, 11) is 3.01. The number of methoxy groups -OCH3 is 2. The van der Waals surface area contributed by atoms with Crippen LogP contribution >= 0.6 is 23.2 Å². The Balaban J connectivity index is 0.000000112. The maximum Gasteiger partial charge on any atom is 0.337 e. The lowest BCUT2D eigenvalue weighted by molar-refractivity contribution is 0.0600. The normalized spacial score (nSPS) is 10.8. The van der Waals surface area contributed by atoms with E-state index in [2.05, 4.69) is 123 Å². The number of hydrogen-bond donors (Lipinski definition) is 6. The van der Waals surface area contributed by atoms with Crippen molar-refractivity contribution in [2.24, 2.45) is 0 Å². The van der Waals surface area contributed by atoms with Gasteiger partial charge in [-0.1, -0.05) is 71.7 Å². The van der Waals surface area contributed by atoms with E-state index in [0.29, 0.717) is 56.1 Å². The molecular formula is C112H90Cl2FN31O3. The number of halogens is 3. The number of anilines is 12. The number of carbonyl (C=O) groups excluding carboxylic acids is 1. The molecule has 34 nitrogen and oxygen atoms in total. The molecule has 732 valence electrons. The zero-order chi connectivity index (χ0) is 103. The van der Waals surface area contributed by atoms with E-state index < -0.39 is 0 Å². The Kier molecular flexibility index (Phi) is 29.6. The zero-order valence-electron chi connectivity index (χ0n) is 81.2. The van der Waals surface area contributed by atoms with Crippen LogP contribution in [0.2, 0.25) is 10.0 Å². The molecule has 24 rings (SSSR count). The minimum atomic E-state index is -0.369. The first kappa shape index (κ1) is 97.8. The van der Waals surface area contributed by atoms with Crippen LogP contribution in [-0.2, 0) is 4.74 Å². The molecule has 18 aromatic heterocycles. The quantitative estimate of drug-likeness (QED) is 0.0386. The van der Waals surface area contributed by atoms with Gasteiger partial charge in [-0.05, 0) is 242 Å². The highest BCUT2D eigenvalue weighted by atomic mass is 35.5.